The Hall–Kier alpha value is -2.38. The molecule has 3 rings (SSSR count). The van der Waals surface area contributed by atoms with Crippen LogP contribution in [0.25, 0.3) is 0 Å². The van der Waals surface area contributed by atoms with Gasteiger partial charge in [-0.3, -0.25) is 4.79 Å². The second-order valence-electron chi connectivity index (χ2n) is 5.31. The fraction of sp³-hybridized carbons (Fsp3) is 0.105. The van der Waals surface area contributed by atoms with Gasteiger partial charge in [0.05, 0.1) is 22.5 Å². The van der Waals surface area contributed by atoms with Gasteiger partial charge in [-0.2, -0.15) is 0 Å². The van der Waals surface area contributed by atoms with E-state index in [0.29, 0.717) is 22.0 Å². The number of benzene rings is 1. The fourth-order valence-electron chi connectivity index (χ4n) is 2.18. The zero-order chi connectivity index (χ0) is 18.4. The van der Waals surface area contributed by atoms with Crippen LogP contribution in [0.2, 0.25) is 0 Å². The minimum atomic E-state index is -0.266. The lowest BCUT2D eigenvalue weighted by Gasteiger charge is -2.09. The molecule has 0 radical (unpaired) electrons. The van der Waals surface area contributed by atoms with Gasteiger partial charge in [0.1, 0.15) is 10.8 Å². The molecule has 0 aliphatic carbocycles. The molecule has 0 unspecified atom stereocenters. The molecule has 26 heavy (non-hydrogen) atoms. The Balaban J connectivity index is 1.70. The van der Waals surface area contributed by atoms with E-state index in [4.69, 9.17) is 0 Å². The number of rotatable bonds is 6. The van der Waals surface area contributed by atoms with Crippen LogP contribution in [0.1, 0.15) is 15.9 Å². The van der Waals surface area contributed by atoms with E-state index >= 15 is 0 Å². The standard InChI is InChI=1S/C19H16FN3OS2/c1-25-17-9-8-15(11-22-17)23-18(24)16-3-2-10-21-19(16)26-12-13-4-6-14(20)7-5-13/h2-11H,12H2,1H3,(H,23,24). The zero-order valence-corrected chi connectivity index (χ0v) is 15.6. The van der Waals surface area contributed by atoms with Gasteiger partial charge >= 0.3 is 0 Å². The van der Waals surface area contributed by atoms with Crippen LogP contribution in [0.3, 0.4) is 0 Å². The summed E-state index contributed by atoms with van der Waals surface area (Å²) in [5.74, 6) is 0.0952. The van der Waals surface area contributed by atoms with Gasteiger partial charge in [0.15, 0.2) is 0 Å². The van der Waals surface area contributed by atoms with E-state index < -0.39 is 0 Å². The summed E-state index contributed by atoms with van der Waals surface area (Å²) in [6.45, 7) is 0. The maximum absolute atomic E-state index is 13.0. The molecule has 0 spiro atoms. The fourth-order valence-corrected chi connectivity index (χ4v) is 3.49. The highest BCUT2D eigenvalue weighted by Gasteiger charge is 2.13. The summed E-state index contributed by atoms with van der Waals surface area (Å²) >= 11 is 2.98. The average Bonchev–Trinajstić information content (AvgIpc) is 2.68. The van der Waals surface area contributed by atoms with Crippen LogP contribution < -0.4 is 5.32 Å². The normalized spacial score (nSPS) is 10.5. The summed E-state index contributed by atoms with van der Waals surface area (Å²) in [6.07, 6.45) is 5.23. The lowest BCUT2D eigenvalue weighted by Crippen LogP contribution is -2.13. The highest BCUT2D eigenvalue weighted by Crippen LogP contribution is 2.25. The third kappa shape index (κ3) is 4.83. The van der Waals surface area contributed by atoms with E-state index in [2.05, 4.69) is 15.3 Å². The molecule has 0 bridgehead atoms. The summed E-state index contributed by atoms with van der Waals surface area (Å²) in [7, 11) is 0. The summed E-state index contributed by atoms with van der Waals surface area (Å²) in [5, 5.41) is 4.36. The van der Waals surface area contributed by atoms with Crippen LogP contribution in [-0.4, -0.2) is 22.1 Å². The number of carbonyl (C=O) groups is 1. The smallest absolute Gasteiger partial charge is 0.258 e. The molecule has 0 atom stereocenters. The van der Waals surface area contributed by atoms with E-state index in [1.54, 1.807) is 36.7 Å². The van der Waals surface area contributed by atoms with Crippen molar-refractivity contribution >= 4 is 35.1 Å². The number of hydrogen-bond acceptors (Lipinski definition) is 5. The molecule has 0 fully saturated rings. The third-order valence-electron chi connectivity index (χ3n) is 3.51. The molecule has 0 aliphatic heterocycles. The lowest BCUT2D eigenvalue weighted by atomic mass is 10.2. The van der Waals surface area contributed by atoms with Gasteiger partial charge in [0.2, 0.25) is 0 Å². The van der Waals surface area contributed by atoms with Gasteiger partial charge in [-0.15, -0.1) is 23.5 Å². The van der Waals surface area contributed by atoms with Gasteiger partial charge in [-0.25, -0.2) is 14.4 Å². The molecule has 1 N–H and O–H groups in total. The Morgan fingerprint density at radius 2 is 1.92 bits per heavy atom. The summed E-state index contributed by atoms with van der Waals surface area (Å²) < 4.78 is 13.0. The SMILES string of the molecule is CSc1ccc(NC(=O)c2cccnc2SCc2ccc(F)cc2)cn1. The first-order valence-electron chi connectivity index (χ1n) is 7.79. The maximum Gasteiger partial charge on any atom is 0.258 e. The van der Waals surface area contributed by atoms with Crippen LogP contribution in [0.4, 0.5) is 10.1 Å². The van der Waals surface area contributed by atoms with E-state index in [1.807, 2.05) is 18.4 Å². The van der Waals surface area contributed by atoms with E-state index in [-0.39, 0.29) is 11.7 Å². The molecule has 1 aromatic carbocycles. The number of carbonyl (C=O) groups excluding carboxylic acids is 1. The third-order valence-corrected chi connectivity index (χ3v) is 5.24. The van der Waals surface area contributed by atoms with Crippen LogP contribution in [0.15, 0.2) is 71.0 Å². The lowest BCUT2D eigenvalue weighted by molar-refractivity contribution is 0.102. The van der Waals surface area contributed by atoms with Gasteiger partial charge < -0.3 is 5.32 Å². The van der Waals surface area contributed by atoms with Crippen LogP contribution in [-0.2, 0) is 5.75 Å². The number of amides is 1. The summed E-state index contributed by atoms with van der Waals surface area (Å²) in [4.78, 5) is 21.2. The number of anilines is 1. The Kier molecular flexibility index (Phi) is 6.25. The molecule has 132 valence electrons. The van der Waals surface area contributed by atoms with Crippen molar-refractivity contribution in [1.29, 1.82) is 0 Å². The molecule has 4 nitrogen and oxygen atoms in total. The van der Waals surface area contributed by atoms with Crippen molar-refractivity contribution in [2.45, 2.75) is 15.8 Å². The number of pyridine rings is 2. The molecule has 0 aliphatic rings. The van der Waals surface area contributed by atoms with Crippen molar-refractivity contribution in [2.24, 2.45) is 0 Å². The van der Waals surface area contributed by atoms with Gasteiger partial charge in [0.25, 0.3) is 5.91 Å². The van der Waals surface area contributed by atoms with Crippen molar-refractivity contribution in [3.05, 3.63) is 77.9 Å². The Morgan fingerprint density at radius 1 is 1.12 bits per heavy atom. The Morgan fingerprint density at radius 3 is 2.62 bits per heavy atom. The highest BCUT2D eigenvalue weighted by molar-refractivity contribution is 7.98. The quantitative estimate of drug-likeness (QED) is 0.613. The summed E-state index contributed by atoms with van der Waals surface area (Å²) in [6, 6.07) is 13.4. The molecule has 2 heterocycles. The molecule has 1 amide bonds. The van der Waals surface area contributed by atoms with Crippen molar-refractivity contribution in [3.8, 4) is 0 Å². The number of halogens is 1. The molecular formula is C19H16FN3OS2. The number of nitrogens with one attached hydrogen (secondary N) is 1. The minimum absolute atomic E-state index is 0.238. The predicted octanol–water partition coefficient (Wildman–Crippen LogP) is 4.88. The van der Waals surface area contributed by atoms with E-state index in [1.165, 1.54) is 35.7 Å². The second-order valence-corrected chi connectivity index (χ2v) is 7.11. The Labute approximate surface area is 159 Å². The molecule has 7 heteroatoms. The average molecular weight is 385 g/mol. The molecule has 0 saturated heterocycles. The zero-order valence-electron chi connectivity index (χ0n) is 14.0. The van der Waals surface area contributed by atoms with Crippen molar-refractivity contribution in [1.82, 2.24) is 9.97 Å². The first kappa shape index (κ1) is 18.4. The monoisotopic (exact) mass is 385 g/mol. The maximum atomic E-state index is 13.0. The van der Waals surface area contributed by atoms with E-state index in [0.717, 1.165) is 10.6 Å². The summed E-state index contributed by atoms with van der Waals surface area (Å²) in [5.41, 5.74) is 2.09. The molecule has 2 aromatic heterocycles. The van der Waals surface area contributed by atoms with Crippen LogP contribution in [0, 0.1) is 5.82 Å². The predicted molar refractivity (Wildman–Crippen MR) is 104 cm³/mol. The number of aromatic nitrogens is 2. The van der Waals surface area contributed by atoms with Crippen LogP contribution in [0.5, 0.6) is 0 Å². The van der Waals surface area contributed by atoms with Gasteiger partial charge in [0, 0.05) is 11.9 Å². The first-order valence-corrected chi connectivity index (χ1v) is 10.0. The van der Waals surface area contributed by atoms with Gasteiger partial charge in [-0.1, -0.05) is 12.1 Å². The van der Waals surface area contributed by atoms with Crippen molar-refractivity contribution < 1.29 is 9.18 Å². The number of thioether (sulfide) groups is 2. The Bertz CT molecular complexity index is 886. The minimum Gasteiger partial charge on any atom is -0.321 e. The van der Waals surface area contributed by atoms with E-state index in [9.17, 15) is 9.18 Å². The number of hydrogen-bond donors (Lipinski definition) is 1. The van der Waals surface area contributed by atoms with Gasteiger partial charge in [-0.05, 0) is 48.2 Å². The second kappa shape index (κ2) is 8.82. The van der Waals surface area contributed by atoms with Crippen LogP contribution >= 0.6 is 23.5 Å². The largest absolute Gasteiger partial charge is 0.321 e. The molecular weight excluding hydrogens is 369 g/mol. The topological polar surface area (TPSA) is 54.9 Å². The molecule has 0 saturated carbocycles. The highest BCUT2D eigenvalue weighted by atomic mass is 32.2. The first-order chi connectivity index (χ1) is 12.7. The van der Waals surface area contributed by atoms with Crippen molar-refractivity contribution in [2.75, 3.05) is 11.6 Å². The number of nitrogens with zero attached hydrogens (tertiary/aromatic N) is 2. The van der Waals surface area contributed by atoms with Crippen molar-refractivity contribution in [3.63, 3.8) is 0 Å². The molecule has 3 aromatic rings.